The fourth-order valence-corrected chi connectivity index (χ4v) is 2.66. The Labute approximate surface area is 135 Å². The molecule has 2 N–H and O–H groups in total. The summed E-state index contributed by atoms with van der Waals surface area (Å²) in [6.45, 7) is 0. The van der Waals surface area contributed by atoms with Crippen LogP contribution in [0.2, 0.25) is 0 Å². The van der Waals surface area contributed by atoms with Gasteiger partial charge in [-0.2, -0.15) is 31.4 Å². The summed E-state index contributed by atoms with van der Waals surface area (Å²) in [5.41, 5.74) is -3.09. The van der Waals surface area contributed by atoms with Gasteiger partial charge in [0.25, 0.3) is 5.79 Å². The molecule has 3 aromatic rings. The Hall–Kier alpha value is -2.40. The number of hydrogen-bond acceptors (Lipinski definition) is 4. The number of alkyl halides is 6. The Bertz CT molecular complexity index is 974. The lowest BCUT2D eigenvalue weighted by Crippen LogP contribution is -2.42. The molecule has 134 valence electrons. The van der Waals surface area contributed by atoms with Crippen LogP contribution in [0.1, 0.15) is 11.3 Å². The summed E-state index contributed by atoms with van der Waals surface area (Å²) in [7, 11) is 0.978. The van der Waals surface area contributed by atoms with Gasteiger partial charge in [0.1, 0.15) is 11.2 Å². The molecule has 0 unspecified atom stereocenters. The zero-order chi connectivity index (χ0) is 18.8. The maximum Gasteiger partial charge on any atom is 0.447 e. The van der Waals surface area contributed by atoms with E-state index < -0.39 is 34.8 Å². The molecule has 11 heteroatoms. The van der Waals surface area contributed by atoms with Crippen LogP contribution in [0, 0.1) is 0 Å². The van der Waals surface area contributed by atoms with E-state index in [9.17, 15) is 36.6 Å². The van der Waals surface area contributed by atoms with Crippen LogP contribution in [0.4, 0.5) is 26.3 Å². The van der Waals surface area contributed by atoms with E-state index in [1.165, 1.54) is 6.07 Å². The highest BCUT2D eigenvalue weighted by molar-refractivity contribution is 6.05. The molecule has 0 bridgehead atoms. The van der Waals surface area contributed by atoms with Gasteiger partial charge >= 0.3 is 12.4 Å². The number of pyridine rings is 1. The number of rotatable bonds is 1. The number of aryl methyl sites for hydroxylation is 1. The van der Waals surface area contributed by atoms with Gasteiger partial charge in [-0.25, -0.2) is 0 Å². The Kier molecular flexibility index (Phi) is 3.52. The first-order valence-corrected chi connectivity index (χ1v) is 6.69. The van der Waals surface area contributed by atoms with Crippen molar-refractivity contribution in [3.05, 3.63) is 35.7 Å². The molecule has 25 heavy (non-hydrogen) atoms. The molecule has 2 heterocycles. The van der Waals surface area contributed by atoms with Crippen LogP contribution in [0.5, 0.6) is 0 Å². The van der Waals surface area contributed by atoms with Crippen molar-refractivity contribution in [2.24, 2.45) is 7.05 Å². The second-order valence-electron chi connectivity index (χ2n) is 5.36. The van der Waals surface area contributed by atoms with E-state index in [-0.39, 0.29) is 16.4 Å². The summed E-state index contributed by atoms with van der Waals surface area (Å²) in [5, 5.41) is 21.7. The Morgan fingerprint density at radius 2 is 1.64 bits per heavy atom. The average molecular weight is 365 g/mol. The maximum absolute atomic E-state index is 13.2. The Morgan fingerprint density at radius 3 is 2.20 bits per heavy atom. The van der Waals surface area contributed by atoms with Gasteiger partial charge in [-0.1, -0.05) is 6.07 Å². The quantitative estimate of drug-likeness (QED) is 0.514. The summed E-state index contributed by atoms with van der Waals surface area (Å²) < 4.78 is 79.3. The van der Waals surface area contributed by atoms with E-state index in [0.717, 1.165) is 19.3 Å². The van der Waals surface area contributed by atoms with Gasteiger partial charge in [0.05, 0.1) is 5.52 Å². The van der Waals surface area contributed by atoms with Crippen LogP contribution in [-0.4, -0.2) is 31.2 Å². The zero-order valence-electron chi connectivity index (χ0n) is 12.3. The standard InChI is InChI=1S/C14H9F6N3O2/c1-23-11(13(15,16)17)7-5-8(12(24,25)14(18,19)20)6-3-2-4-21-9(6)10(7)22-23/h2-5,24-25H,1H3. The molecule has 5 nitrogen and oxygen atoms in total. The highest BCUT2D eigenvalue weighted by Crippen LogP contribution is 2.43. The lowest BCUT2D eigenvalue weighted by atomic mass is 9.96. The van der Waals surface area contributed by atoms with E-state index in [1.807, 2.05) is 0 Å². The maximum atomic E-state index is 13.2. The summed E-state index contributed by atoms with van der Waals surface area (Å²) in [6, 6.07) is 2.74. The molecule has 0 fully saturated rings. The molecule has 0 amide bonds. The number of aliphatic hydroxyl groups is 2. The van der Waals surface area contributed by atoms with Crippen molar-refractivity contribution in [3.63, 3.8) is 0 Å². The highest BCUT2D eigenvalue weighted by Gasteiger charge is 2.55. The molecule has 0 aliphatic carbocycles. The summed E-state index contributed by atoms with van der Waals surface area (Å²) >= 11 is 0. The van der Waals surface area contributed by atoms with Gasteiger partial charge in [0, 0.05) is 29.6 Å². The summed E-state index contributed by atoms with van der Waals surface area (Å²) in [6.07, 6.45) is -9.31. The number of benzene rings is 1. The molecular weight excluding hydrogens is 356 g/mol. The molecule has 2 aromatic heterocycles. The number of fused-ring (bicyclic) bond motifs is 3. The van der Waals surface area contributed by atoms with E-state index in [4.69, 9.17) is 0 Å². The third-order valence-electron chi connectivity index (χ3n) is 3.73. The largest absolute Gasteiger partial charge is 0.447 e. The van der Waals surface area contributed by atoms with Crippen LogP contribution < -0.4 is 0 Å². The third-order valence-corrected chi connectivity index (χ3v) is 3.73. The van der Waals surface area contributed by atoms with Crippen LogP contribution in [-0.2, 0) is 19.0 Å². The van der Waals surface area contributed by atoms with E-state index in [0.29, 0.717) is 10.7 Å². The smallest absolute Gasteiger partial charge is 0.355 e. The van der Waals surface area contributed by atoms with Gasteiger partial charge in [0.2, 0.25) is 0 Å². The molecule has 0 aliphatic heterocycles. The second-order valence-corrected chi connectivity index (χ2v) is 5.36. The lowest BCUT2D eigenvalue weighted by molar-refractivity contribution is -0.357. The van der Waals surface area contributed by atoms with E-state index in [2.05, 4.69) is 10.1 Å². The average Bonchev–Trinajstić information content (AvgIpc) is 2.81. The topological polar surface area (TPSA) is 71.2 Å². The van der Waals surface area contributed by atoms with Crippen molar-refractivity contribution >= 4 is 21.8 Å². The molecule has 0 aliphatic rings. The van der Waals surface area contributed by atoms with Crippen LogP contribution in [0.25, 0.3) is 21.8 Å². The Morgan fingerprint density at radius 1 is 1.00 bits per heavy atom. The van der Waals surface area contributed by atoms with Gasteiger partial charge in [-0.15, -0.1) is 0 Å². The highest BCUT2D eigenvalue weighted by atomic mass is 19.4. The van der Waals surface area contributed by atoms with Crippen molar-refractivity contribution in [1.82, 2.24) is 14.8 Å². The minimum Gasteiger partial charge on any atom is -0.355 e. The molecule has 0 atom stereocenters. The van der Waals surface area contributed by atoms with Gasteiger partial charge in [-0.05, 0) is 12.1 Å². The Balaban J connectivity index is 2.53. The third kappa shape index (κ3) is 2.50. The molecular formula is C14H9F6N3O2. The predicted octanol–water partition coefficient (Wildman–Crippen LogP) is 2.84. The number of halogens is 6. The number of nitrogens with zero attached hydrogens (tertiary/aromatic N) is 3. The fraction of sp³-hybridized carbons (Fsp3) is 0.286. The van der Waals surface area contributed by atoms with E-state index >= 15 is 0 Å². The van der Waals surface area contributed by atoms with Crippen molar-refractivity contribution in [2.75, 3.05) is 0 Å². The molecule has 0 saturated carbocycles. The monoisotopic (exact) mass is 365 g/mol. The summed E-state index contributed by atoms with van der Waals surface area (Å²) in [4.78, 5) is 3.77. The molecule has 3 rings (SSSR count). The van der Waals surface area contributed by atoms with E-state index in [1.54, 1.807) is 0 Å². The zero-order valence-corrected chi connectivity index (χ0v) is 12.3. The predicted molar refractivity (Wildman–Crippen MR) is 73.2 cm³/mol. The van der Waals surface area contributed by atoms with Crippen molar-refractivity contribution in [1.29, 1.82) is 0 Å². The first kappa shape index (κ1) is 17.4. The number of hydrogen-bond donors (Lipinski definition) is 2. The minimum atomic E-state index is -5.54. The molecule has 0 spiro atoms. The number of aromatic nitrogens is 3. The fourth-order valence-electron chi connectivity index (χ4n) is 2.66. The molecule has 0 saturated heterocycles. The molecule has 1 aromatic carbocycles. The van der Waals surface area contributed by atoms with Crippen molar-refractivity contribution < 1.29 is 36.6 Å². The normalized spacial score (nSPS) is 13.8. The van der Waals surface area contributed by atoms with Gasteiger partial charge in [0.15, 0.2) is 0 Å². The minimum absolute atomic E-state index is 0.299. The summed E-state index contributed by atoms with van der Waals surface area (Å²) in [5.74, 6) is -4.36. The first-order chi connectivity index (χ1) is 11.4. The SMILES string of the molecule is Cn1nc2c(cc(C(O)(O)C(F)(F)F)c3cccnc32)c1C(F)(F)F. The van der Waals surface area contributed by atoms with Crippen molar-refractivity contribution in [3.8, 4) is 0 Å². The van der Waals surface area contributed by atoms with Crippen LogP contribution in [0.15, 0.2) is 24.4 Å². The van der Waals surface area contributed by atoms with Gasteiger partial charge < -0.3 is 10.2 Å². The van der Waals surface area contributed by atoms with Crippen LogP contribution in [0.3, 0.4) is 0 Å². The lowest BCUT2D eigenvalue weighted by Gasteiger charge is -2.26. The van der Waals surface area contributed by atoms with Crippen LogP contribution >= 0.6 is 0 Å². The first-order valence-electron chi connectivity index (χ1n) is 6.69. The van der Waals surface area contributed by atoms with Gasteiger partial charge in [-0.3, -0.25) is 9.67 Å². The van der Waals surface area contributed by atoms with Crippen molar-refractivity contribution in [2.45, 2.75) is 18.1 Å². The molecule has 0 radical (unpaired) electrons. The second kappa shape index (κ2) is 5.05.